The van der Waals surface area contributed by atoms with Gasteiger partial charge in [0.05, 0.1) is 11.6 Å². The first-order chi connectivity index (χ1) is 10.8. The Morgan fingerprint density at radius 3 is 2.70 bits per heavy atom. The summed E-state index contributed by atoms with van der Waals surface area (Å²) in [5, 5.41) is 0. The molecule has 0 N–H and O–H groups in total. The van der Waals surface area contributed by atoms with Crippen molar-refractivity contribution >= 4 is 38.3 Å². The van der Waals surface area contributed by atoms with Crippen molar-refractivity contribution in [3.63, 3.8) is 0 Å². The molecule has 0 aromatic heterocycles. The fourth-order valence-corrected chi connectivity index (χ4v) is 4.32. The fourth-order valence-electron chi connectivity index (χ4n) is 3.28. The van der Waals surface area contributed by atoms with Crippen LogP contribution in [0.3, 0.4) is 0 Å². The first-order valence-electron chi connectivity index (χ1n) is 7.59. The summed E-state index contributed by atoms with van der Waals surface area (Å²) < 4.78 is 11.3. The molecule has 126 valence electrons. The van der Waals surface area contributed by atoms with Gasteiger partial charge < -0.3 is 9.47 Å². The van der Waals surface area contributed by atoms with Gasteiger partial charge in [0.1, 0.15) is 11.5 Å². The molecule has 0 bridgehead atoms. The van der Waals surface area contributed by atoms with Crippen LogP contribution in [-0.2, 0) is 11.2 Å². The molecule has 0 heterocycles. The van der Waals surface area contributed by atoms with E-state index in [2.05, 4.69) is 52.3 Å². The number of rotatable bonds is 5. The Labute approximate surface area is 154 Å². The van der Waals surface area contributed by atoms with Crippen LogP contribution in [0, 0.1) is 11.3 Å². The molecule has 0 spiro atoms. The van der Waals surface area contributed by atoms with E-state index in [9.17, 15) is 4.79 Å². The van der Waals surface area contributed by atoms with Gasteiger partial charge in [-0.25, -0.2) is 0 Å². The van der Waals surface area contributed by atoms with Crippen LogP contribution in [0.1, 0.15) is 32.3 Å². The van der Waals surface area contributed by atoms with Crippen molar-refractivity contribution in [3.05, 3.63) is 34.3 Å². The highest BCUT2D eigenvalue weighted by molar-refractivity contribution is 9.10. The van der Waals surface area contributed by atoms with Gasteiger partial charge in [-0.15, -0.1) is 0 Å². The molecule has 2 atom stereocenters. The summed E-state index contributed by atoms with van der Waals surface area (Å²) in [6.07, 6.45) is 2.88. The normalized spacial score (nSPS) is 23.4. The molecule has 1 aromatic carbocycles. The summed E-state index contributed by atoms with van der Waals surface area (Å²) in [5.74, 6) is 1.60. The zero-order chi connectivity index (χ0) is 17.2. The predicted octanol–water partition coefficient (Wildman–Crippen LogP) is 5.29. The first-order valence-corrected chi connectivity index (χ1v) is 9.30. The number of hydrogen-bond donors (Lipinski definition) is 0. The molecule has 0 amide bonds. The van der Waals surface area contributed by atoms with Gasteiger partial charge in [-0.2, -0.15) is 0 Å². The maximum absolute atomic E-state index is 10.8. The van der Waals surface area contributed by atoms with E-state index in [1.165, 1.54) is 5.57 Å². The number of benzene rings is 1. The summed E-state index contributed by atoms with van der Waals surface area (Å²) in [5.41, 5.74) is 2.29. The molecular weight excluding hydrogens is 424 g/mol. The molecule has 0 aliphatic heterocycles. The molecular formula is C18H22Br2O3. The molecule has 1 aliphatic carbocycles. The molecule has 1 aliphatic rings. The molecule has 5 heteroatoms. The lowest BCUT2D eigenvalue weighted by Crippen LogP contribution is -2.39. The van der Waals surface area contributed by atoms with E-state index in [1.54, 1.807) is 13.2 Å². The zero-order valence-corrected chi connectivity index (χ0v) is 16.9. The van der Waals surface area contributed by atoms with Gasteiger partial charge in [0, 0.05) is 4.83 Å². The Kier molecular flexibility index (Phi) is 5.95. The summed E-state index contributed by atoms with van der Waals surface area (Å²) in [6.45, 7) is 9.27. The third kappa shape index (κ3) is 3.82. The standard InChI is InChI=1S/C18H22Br2O3/c1-11-5-6-17(20)18(2,3)13(11)7-12-8-16(22-4)14(19)9-15(12)23-10-21/h8-10,13,17H,1,5-7H2,2-4H3/t13-,17?/m1/s1. The summed E-state index contributed by atoms with van der Waals surface area (Å²) >= 11 is 7.25. The zero-order valence-electron chi connectivity index (χ0n) is 13.7. The number of carbonyl (C=O) groups is 1. The molecule has 3 nitrogen and oxygen atoms in total. The van der Waals surface area contributed by atoms with E-state index in [1.807, 2.05) is 6.07 Å². The number of methoxy groups -OCH3 is 1. The third-order valence-corrected chi connectivity index (χ3v) is 7.11. The van der Waals surface area contributed by atoms with Gasteiger partial charge in [0.15, 0.2) is 0 Å². The largest absolute Gasteiger partial charge is 0.496 e. The number of halogens is 2. The van der Waals surface area contributed by atoms with Crippen molar-refractivity contribution in [1.29, 1.82) is 0 Å². The number of hydrogen-bond acceptors (Lipinski definition) is 3. The lowest BCUT2D eigenvalue weighted by atomic mass is 9.64. The highest BCUT2D eigenvalue weighted by Gasteiger charge is 2.41. The van der Waals surface area contributed by atoms with Gasteiger partial charge in [-0.05, 0) is 64.2 Å². The van der Waals surface area contributed by atoms with Gasteiger partial charge in [-0.3, -0.25) is 4.79 Å². The quantitative estimate of drug-likeness (QED) is 0.350. The van der Waals surface area contributed by atoms with Crippen LogP contribution in [0.5, 0.6) is 11.5 Å². The van der Waals surface area contributed by atoms with Crippen molar-refractivity contribution in [1.82, 2.24) is 0 Å². The second kappa shape index (κ2) is 7.39. The van der Waals surface area contributed by atoms with Crippen molar-refractivity contribution in [2.24, 2.45) is 11.3 Å². The second-order valence-corrected chi connectivity index (χ2v) is 8.51. The van der Waals surface area contributed by atoms with Crippen molar-refractivity contribution in [2.45, 2.75) is 37.9 Å². The predicted molar refractivity (Wildman–Crippen MR) is 99.5 cm³/mol. The molecule has 1 aromatic rings. The first kappa shape index (κ1) is 18.5. The third-order valence-electron chi connectivity index (χ3n) is 4.85. The van der Waals surface area contributed by atoms with Crippen LogP contribution in [0.2, 0.25) is 0 Å². The topological polar surface area (TPSA) is 35.5 Å². The second-order valence-electron chi connectivity index (χ2n) is 6.55. The van der Waals surface area contributed by atoms with Crippen LogP contribution in [-0.4, -0.2) is 18.4 Å². The van der Waals surface area contributed by atoms with Crippen LogP contribution in [0.25, 0.3) is 0 Å². The van der Waals surface area contributed by atoms with E-state index in [0.717, 1.165) is 35.0 Å². The Bertz CT molecular complexity index is 611. The summed E-state index contributed by atoms with van der Waals surface area (Å²) in [6, 6.07) is 3.72. The molecule has 1 fully saturated rings. The lowest BCUT2D eigenvalue weighted by molar-refractivity contribution is -0.120. The van der Waals surface area contributed by atoms with Gasteiger partial charge in [-0.1, -0.05) is 41.9 Å². The smallest absolute Gasteiger partial charge is 0.298 e. The highest BCUT2D eigenvalue weighted by atomic mass is 79.9. The van der Waals surface area contributed by atoms with Crippen LogP contribution in [0.4, 0.5) is 0 Å². The number of carbonyl (C=O) groups excluding carboxylic acids is 1. The van der Waals surface area contributed by atoms with Crippen LogP contribution < -0.4 is 9.47 Å². The average molecular weight is 446 g/mol. The fraction of sp³-hybridized carbons (Fsp3) is 0.500. The number of allylic oxidation sites excluding steroid dienone is 1. The maximum Gasteiger partial charge on any atom is 0.298 e. The van der Waals surface area contributed by atoms with Crippen LogP contribution in [0.15, 0.2) is 28.8 Å². The SMILES string of the molecule is C=C1CCC(Br)C(C)(C)[C@@H]1Cc1cc(OC)c(Br)cc1OC=O. The van der Waals surface area contributed by atoms with Crippen molar-refractivity contribution in [3.8, 4) is 11.5 Å². The molecule has 0 saturated heterocycles. The summed E-state index contributed by atoms with van der Waals surface area (Å²) in [4.78, 5) is 11.3. The van der Waals surface area contributed by atoms with E-state index in [-0.39, 0.29) is 5.41 Å². The molecule has 23 heavy (non-hydrogen) atoms. The van der Waals surface area contributed by atoms with Crippen molar-refractivity contribution < 1.29 is 14.3 Å². The molecule has 0 radical (unpaired) electrons. The summed E-state index contributed by atoms with van der Waals surface area (Å²) in [7, 11) is 1.63. The average Bonchev–Trinajstić information content (AvgIpc) is 2.50. The number of ether oxygens (including phenoxy) is 2. The minimum Gasteiger partial charge on any atom is -0.496 e. The molecule has 1 saturated carbocycles. The number of alkyl halides is 1. The molecule has 2 rings (SSSR count). The van der Waals surface area contributed by atoms with E-state index < -0.39 is 0 Å². The van der Waals surface area contributed by atoms with Crippen molar-refractivity contribution in [2.75, 3.05) is 7.11 Å². The Balaban J connectivity index is 2.40. The minimum atomic E-state index is 0.0775. The van der Waals surface area contributed by atoms with Gasteiger partial charge >= 0.3 is 0 Å². The van der Waals surface area contributed by atoms with Crippen LogP contribution >= 0.6 is 31.9 Å². The lowest BCUT2D eigenvalue weighted by Gasteiger charge is -2.44. The maximum atomic E-state index is 10.8. The Hall–Kier alpha value is -0.810. The minimum absolute atomic E-state index is 0.0775. The van der Waals surface area contributed by atoms with Gasteiger partial charge in [0.25, 0.3) is 6.47 Å². The monoisotopic (exact) mass is 444 g/mol. The van der Waals surface area contributed by atoms with E-state index >= 15 is 0 Å². The Morgan fingerprint density at radius 1 is 1.39 bits per heavy atom. The van der Waals surface area contributed by atoms with Gasteiger partial charge in [0.2, 0.25) is 0 Å². The highest BCUT2D eigenvalue weighted by Crippen LogP contribution is 2.49. The van der Waals surface area contributed by atoms with E-state index in [4.69, 9.17) is 9.47 Å². The van der Waals surface area contributed by atoms with E-state index in [0.29, 0.717) is 23.0 Å². The molecule has 1 unspecified atom stereocenters. The Morgan fingerprint density at radius 2 is 2.09 bits per heavy atom.